The molecule has 0 saturated carbocycles. The molecule has 0 amide bonds. The summed E-state index contributed by atoms with van der Waals surface area (Å²) >= 11 is 0. The lowest BCUT2D eigenvalue weighted by Crippen LogP contribution is -2.18. The normalized spacial score (nSPS) is 15.0. The maximum atomic E-state index is 5.62. The summed E-state index contributed by atoms with van der Waals surface area (Å²) in [5, 5.41) is 2.47. The second-order valence-corrected chi connectivity index (χ2v) is 13.0. The van der Waals surface area contributed by atoms with E-state index in [2.05, 4.69) is 154 Å². The van der Waals surface area contributed by atoms with Gasteiger partial charge < -0.3 is 9.64 Å². The number of ether oxygens (including phenoxy) is 1. The number of nitrogens with zero attached hydrogens (tertiary/aromatic N) is 1. The van der Waals surface area contributed by atoms with E-state index >= 15 is 0 Å². The monoisotopic (exact) mass is 557 g/mol. The van der Waals surface area contributed by atoms with Crippen LogP contribution in [-0.2, 0) is 10.8 Å². The van der Waals surface area contributed by atoms with Gasteiger partial charge in [-0.05, 0) is 92.4 Å². The fraction of sp³-hybridized carbons (Fsp3) is 0.171. The van der Waals surface area contributed by atoms with E-state index in [-0.39, 0.29) is 10.8 Å². The van der Waals surface area contributed by atoms with E-state index in [4.69, 9.17) is 4.74 Å². The minimum atomic E-state index is -0.152. The van der Waals surface area contributed by atoms with Gasteiger partial charge in [-0.1, -0.05) is 107 Å². The molecule has 0 radical (unpaired) electrons. The lowest BCUT2D eigenvalue weighted by atomic mass is 9.82. The molecule has 0 bridgehead atoms. The van der Waals surface area contributed by atoms with Crippen LogP contribution in [0.25, 0.3) is 33.0 Å². The molecule has 6 aromatic rings. The lowest BCUT2D eigenvalue weighted by Gasteiger charge is -2.30. The van der Waals surface area contributed by atoms with Gasteiger partial charge in [0, 0.05) is 27.6 Å². The molecule has 210 valence electrons. The van der Waals surface area contributed by atoms with Crippen molar-refractivity contribution in [2.24, 2.45) is 0 Å². The number of rotatable bonds is 4. The Kier molecular flexibility index (Phi) is 5.46. The van der Waals surface area contributed by atoms with Gasteiger partial charge in [0.1, 0.15) is 5.75 Å². The van der Waals surface area contributed by atoms with Gasteiger partial charge in [-0.25, -0.2) is 0 Å². The molecule has 2 heteroatoms. The van der Waals surface area contributed by atoms with E-state index in [0.29, 0.717) is 0 Å². The van der Waals surface area contributed by atoms with Gasteiger partial charge in [0.2, 0.25) is 0 Å². The Hall–Kier alpha value is -4.82. The van der Waals surface area contributed by atoms with Gasteiger partial charge in [0.25, 0.3) is 0 Å². The Morgan fingerprint density at radius 2 is 1.02 bits per heavy atom. The molecule has 2 nitrogen and oxygen atoms in total. The molecule has 8 rings (SSSR count). The molecule has 0 fully saturated rings. The first-order valence-corrected chi connectivity index (χ1v) is 15.1. The van der Waals surface area contributed by atoms with Crippen LogP contribution in [0.3, 0.4) is 0 Å². The highest BCUT2D eigenvalue weighted by Crippen LogP contribution is 2.53. The average Bonchev–Trinajstić information content (AvgIpc) is 3.40. The maximum absolute atomic E-state index is 5.62. The highest BCUT2D eigenvalue weighted by atomic mass is 16.5. The number of hydrogen-bond donors (Lipinski definition) is 0. The summed E-state index contributed by atoms with van der Waals surface area (Å²) < 4.78 is 5.62. The van der Waals surface area contributed by atoms with Crippen LogP contribution in [0.5, 0.6) is 5.75 Å². The Morgan fingerprint density at radius 3 is 1.72 bits per heavy atom. The van der Waals surface area contributed by atoms with Gasteiger partial charge in [0.15, 0.2) is 0 Å². The van der Waals surface area contributed by atoms with Crippen molar-refractivity contribution in [2.45, 2.75) is 38.5 Å². The van der Waals surface area contributed by atoms with Gasteiger partial charge in [0.05, 0.1) is 12.8 Å². The average molecular weight is 558 g/mol. The Bertz CT molecular complexity index is 2080. The number of fused-ring (bicyclic) bond motifs is 7. The number of methoxy groups -OCH3 is 1. The molecule has 0 N–H and O–H groups in total. The molecule has 0 unspecified atom stereocenters. The lowest BCUT2D eigenvalue weighted by molar-refractivity contribution is 0.413. The van der Waals surface area contributed by atoms with E-state index < -0.39 is 0 Å². The second kappa shape index (κ2) is 9.09. The molecular formula is C41H35NO. The Labute approximate surface area is 254 Å². The van der Waals surface area contributed by atoms with Crippen molar-refractivity contribution < 1.29 is 4.74 Å². The van der Waals surface area contributed by atoms with Gasteiger partial charge >= 0.3 is 0 Å². The minimum absolute atomic E-state index is 0.0764. The Balaban J connectivity index is 1.35. The molecule has 43 heavy (non-hydrogen) atoms. The first-order chi connectivity index (χ1) is 20.8. The van der Waals surface area contributed by atoms with E-state index in [1.54, 1.807) is 7.11 Å². The first-order valence-electron chi connectivity index (χ1n) is 15.1. The smallest absolute Gasteiger partial charge is 0.119 e. The summed E-state index contributed by atoms with van der Waals surface area (Å²) in [7, 11) is 1.74. The third kappa shape index (κ3) is 3.66. The zero-order valence-corrected chi connectivity index (χ0v) is 25.4. The van der Waals surface area contributed by atoms with E-state index in [1.807, 2.05) is 0 Å². The van der Waals surface area contributed by atoms with Crippen molar-refractivity contribution in [3.05, 3.63) is 144 Å². The topological polar surface area (TPSA) is 12.5 Å². The summed E-state index contributed by atoms with van der Waals surface area (Å²) in [6, 6.07) is 44.8. The van der Waals surface area contributed by atoms with Crippen LogP contribution < -0.4 is 9.64 Å². The predicted molar refractivity (Wildman–Crippen MR) is 180 cm³/mol. The maximum Gasteiger partial charge on any atom is 0.119 e. The number of hydrogen-bond acceptors (Lipinski definition) is 2. The van der Waals surface area contributed by atoms with Crippen molar-refractivity contribution in [1.29, 1.82) is 0 Å². The summed E-state index contributed by atoms with van der Waals surface area (Å²) in [4.78, 5) is 2.46. The number of benzene rings is 6. The van der Waals surface area contributed by atoms with E-state index in [9.17, 15) is 0 Å². The van der Waals surface area contributed by atoms with Crippen LogP contribution in [0, 0.1) is 0 Å². The molecule has 0 heterocycles. The highest BCUT2D eigenvalue weighted by Gasteiger charge is 2.38. The third-order valence-electron chi connectivity index (χ3n) is 9.96. The van der Waals surface area contributed by atoms with E-state index in [0.717, 1.165) is 11.4 Å². The van der Waals surface area contributed by atoms with Crippen molar-refractivity contribution in [1.82, 2.24) is 0 Å². The van der Waals surface area contributed by atoms with Crippen molar-refractivity contribution in [3.8, 4) is 28.0 Å². The summed E-state index contributed by atoms with van der Waals surface area (Å²) in [5.74, 6) is 0.902. The summed E-state index contributed by atoms with van der Waals surface area (Å²) in [6.45, 7) is 9.37. The fourth-order valence-electron chi connectivity index (χ4n) is 7.63. The van der Waals surface area contributed by atoms with Crippen LogP contribution in [0.15, 0.2) is 121 Å². The largest absolute Gasteiger partial charge is 0.497 e. The van der Waals surface area contributed by atoms with E-state index in [1.165, 1.54) is 66.7 Å². The van der Waals surface area contributed by atoms with Gasteiger partial charge in [-0.2, -0.15) is 0 Å². The van der Waals surface area contributed by atoms with Crippen LogP contribution in [0.1, 0.15) is 49.9 Å². The standard InChI is InChI=1S/C41H35NO/c1-40(2)35-15-9-8-14-31(35)32-20-17-27(23-36(32)40)42(39-16-10-12-26-11-6-7-13-30(26)39)28-18-21-33-34-22-19-29(43-5)25-38(34)41(3,4)37(33)24-28/h6-25H,1-5H3. The molecule has 0 spiro atoms. The zero-order chi connectivity index (χ0) is 29.5. The minimum Gasteiger partial charge on any atom is -0.497 e. The first kappa shape index (κ1) is 25.9. The van der Waals surface area contributed by atoms with Crippen molar-refractivity contribution in [3.63, 3.8) is 0 Å². The van der Waals surface area contributed by atoms with Crippen LogP contribution in [-0.4, -0.2) is 7.11 Å². The number of anilines is 3. The molecule has 0 aliphatic heterocycles. The predicted octanol–water partition coefficient (Wildman–Crippen LogP) is 10.9. The molecule has 2 aliphatic rings. The third-order valence-corrected chi connectivity index (χ3v) is 9.96. The molecule has 0 atom stereocenters. The van der Waals surface area contributed by atoms with Crippen LogP contribution in [0.4, 0.5) is 17.1 Å². The van der Waals surface area contributed by atoms with Gasteiger partial charge in [-0.15, -0.1) is 0 Å². The molecule has 0 aromatic heterocycles. The van der Waals surface area contributed by atoms with Crippen LogP contribution >= 0.6 is 0 Å². The molecular weight excluding hydrogens is 522 g/mol. The summed E-state index contributed by atoms with van der Waals surface area (Å²) in [6.07, 6.45) is 0. The van der Waals surface area contributed by atoms with Crippen LogP contribution in [0.2, 0.25) is 0 Å². The quantitative estimate of drug-likeness (QED) is 0.214. The highest BCUT2D eigenvalue weighted by molar-refractivity contribution is 6.00. The Morgan fingerprint density at radius 1 is 0.488 bits per heavy atom. The molecule has 0 saturated heterocycles. The van der Waals surface area contributed by atoms with Crippen molar-refractivity contribution >= 4 is 27.8 Å². The molecule has 2 aliphatic carbocycles. The second-order valence-electron chi connectivity index (χ2n) is 13.0. The zero-order valence-electron chi connectivity index (χ0n) is 25.4. The SMILES string of the molecule is COc1ccc2c(c1)C(C)(C)c1cc(N(c3ccc4c(c3)C(C)(C)c3ccccc3-4)c3cccc4ccccc34)ccc1-2. The fourth-order valence-corrected chi connectivity index (χ4v) is 7.63. The molecule has 6 aromatic carbocycles. The van der Waals surface area contributed by atoms with Gasteiger partial charge in [-0.3, -0.25) is 0 Å². The van der Waals surface area contributed by atoms with Crippen molar-refractivity contribution in [2.75, 3.05) is 12.0 Å². The summed E-state index contributed by atoms with van der Waals surface area (Å²) in [5.41, 5.74) is 14.0.